The molecule has 2 saturated carbocycles. The minimum atomic E-state index is -4.55. The molecule has 3 heterocycles. The first-order chi connectivity index (χ1) is 20.3. The van der Waals surface area contributed by atoms with Crippen molar-refractivity contribution < 1.29 is 27.5 Å². The van der Waals surface area contributed by atoms with Crippen molar-refractivity contribution in [3.63, 3.8) is 0 Å². The van der Waals surface area contributed by atoms with Crippen molar-refractivity contribution in [3.05, 3.63) is 41.7 Å². The second-order valence-corrected chi connectivity index (χ2v) is 12.7. The summed E-state index contributed by atoms with van der Waals surface area (Å²) in [4.78, 5) is 33.6. The van der Waals surface area contributed by atoms with Crippen LogP contribution < -0.4 is 4.90 Å². The van der Waals surface area contributed by atoms with Crippen molar-refractivity contribution in [1.29, 1.82) is 5.26 Å². The Hall–Kier alpha value is -4.14. The maximum atomic E-state index is 13.0. The maximum absolute atomic E-state index is 13.0. The van der Waals surface area contributed by atoms with Gasteiger partial charge in [-0.1, -0.05) is 6.07 Å². The topological polar surface area (TPSA) is 104 Å². The number of anilines is 1. The Morgan fingerprint density at radius 3 is 2.47 bits per heavy atom. The summed E-state index contributed by atoms with van der Waals surface area (Å²) >= 11 is 0. The number of pyridine rings is 1. The summed E-state index contributed by atoms with van der Waals surface area (Å²) in [5.74, 6) is 0.00837. The van der Waals surface area contributed by atoms with Gasteiger partial charge in [-0.3, -0.25) is 4.79 Å². The molecule has 3 aromatic rings. The monoisotopic (exact) mass is 594 g/mol. The van der Waals surface area contributed by atoms with Gasteiger partial charge in [0.05, 0.1) is 29.0 Å². The molecule has 2 aliphatic carbocycles. The van der Waals surface area contributed by atoms with Crippen molar-refractivity contribution in [2.24, 2.45) is 5.92 Å². The van der Waals surface area contributed by atoms with Crippen LogP contribution in [0.25, 0.3) is 22.0 Å². The summed E-state index contributed by atoms with van der Waals surface area (Å²) in [5, 5.41) is 15.1. The fourth-order valence-corrected chi connectivity index (χ4v) is 5.86. The molecule has 1 aromatic carbocycles. The number of alkyl halides is 3. The SMILES string of the molecule is CC(C)(C)OC(=O)n1ncc2cc(-c3cc(C#N)c(N4CCN(C(=O)CC(F)(F)F)[C@H](C5CC5)C4)nc3C3CC3)ccc21. The number of carbonyl (C=O) groups excluding carboxylic acids is 2. The summed E-state index contributed by atoms with van der Waals surface area (Å²) in [6, 6.07) is 9.37. The molecule has 0 spiro atoms. The van der Waals surface area contributed by atoms with E-state index in [0.29, 0.717) is 30.0 Å². The lowest BCUT2D eigenvalue weighted by Crippen LogP contribution is -2.57. The molecule has 3 aliphatic rings. The highest BCUT2D eigenvalue weighted by atomic mass is 19.4. The first-order valence-electron chi connectivity index (χ1n) is 14.6. The largest absolute Gasteiger partial charge is 0.442 e. The fraction of sp³-hybridized carbons (Fsp3) is 0.516. The zero-order valence-electron chi connectivity index (χ0n) is 24.3. The first kappa shape index (κ1) is 29.0. The molecule has 1 atom stereocenters. The summed E-state index contributed by atoms with van der Waals surface area (Å²) in [7, 11) is 0. The van der Waals surface area contributed by atoms with Gasteiger partial charge in [-0.2, -0.15) is 28.2 Å². The zero-order chi connectivity index (χ0) is 30.7. The molecule has 0 N–H and O–H groups in total. The van der Waals surface area contributed by atoms with E-state index in [1.807, 2.05) is 23.1 Å². The number of nitrogens with zero attached hydrogens (tertiary/aromatic N) is 6. The fourth-order valence-electron chi connectivity index (χ4n) is 5.86. The number of fused-ring (bicyclic) bond motifs is 1. The Balaban J connectivity index is 1.31. The van der Waals surface area contributed by atoms with Crippen molar-refractivity contribution >= 4 is 28.7 Å². The number of rotatable bonds is 5. The van der Waals surface area contributed by atoms with Crippen LogP contribution in [0.2, 0.25) is 0 Å². The number of hydrogen-bond acceptors (Lipinski definition) is 7. The van der Waals surface area contributed by atoms with E-state index < -0.39 is 30.2 Å². The highest BCUT2D eigenvalue weighted by Crippen LogP contribution is 2.46. The zero-order valence-corrected chi connectivity index (χ0v) is 24.3. The molecule has 1 saturated heterocycles. The van der Waals surface area contributed by atoms with Crippen molar-refractivity contribution in [2.75, 3.05) is 24.5 Å². The third-order valence-corrected chi connectivity index (χ3v) is 8.12. The van der Waals surface area contributed by atoms with E-state index >= 15 is 0 Å². The van der Waals surface area contributed by atoms with E-state index in [0.717, 1.165) is 47.9 Å². The third kappa shape index (κ3) is 6.17. The second-order valence-electron chi connectivity index (χ2n) is 12.7. The number of hydrogen-bond donors (Lipinski definition) is 0. The molecular formula is C31H33F3N6O3. The molecule has 9 nitrogen and oxygen atoms in total. The molecule has 12 heteroatoms. The molecule has 1 aliphatic heterocycles. The smallest absolute Gasteiger partial charge is 0.435 e. The number of halogens is 3. The van der Waals surface area contributed by atoms with Gasteiger partial charge in [0.2, 0.25) is 5.91 Å². The highest BCUT2D eigenvalue weighted by molar-refractivity contribution is 5.91. The molecule has 43 heavy (non-hydrogen) atoms. The number of amides is 1. The Bertz CT molecular complexity index is 1630. The van der Waals surface area contributed by atoms with Gasteiger partial charge in [0.15, 0.2) is 0 Å². The van der Waals surface area contributed by atoms with Crippen molar-refractivity contribution in [2.45, 2.75) is 76.6 Å². The van der Waals surface area contributed by atoms with Crippen LogP contribution in [0.1, 0.15) is 70.1 Å². The quantitative estimate of drug-likeness (QED) is 0.356. The van der Waals surface area contributed by atoms with E-state index in [9.17, 15) is 28.0 Å². The number of nitriles is 1. The lowest BCUT2D eigenvalue weighted by molar-refractivity contribution is -0.163. The molecule has 0 unspecified atom stereocenters. The van der Waals surface area contributed by atoms with Crippen LogP contribution in [0.5, 0.6) is 0 Å². The van der Waals surface area contributed by atoms with Gasteiger partial charge < -0.3 is 14.5 Å². The van der Waals surface area contributed by atoms with Gasteiger partial charge in [-0.05, 0) is 76.1 Å². The molecule has 2 aromatic heterocycles. The summed E-state index contributed by atoms with van der Waals surface area (Å²) < 4.78 is 45.7. The normalized spacial score (nSPS) is 19.4. The van der Waals surface area contributed by atoms with Gasteiger partial charge in [-0.15, -0.1) is 0 Å². The molecule has 0 bridgehead atoms. The average molecular weight is 595 g/mol. The van der Waals surface area contributed by atoms with Crippen LogP contribution in [0.15, 0.2) is 30.5 Å². The molecule has 3 fully saturated rings. The minimum Gasteiger partial charge on any atom is -0.442 e. The second kappa shape index (κ2) is 10.5. The predicted molar refractivity (Wildman–Crippen MR) is 152 cm³/mol. The number of ether oxygens (including phenoxy) is 1. The third-order valence-electron chi connectivity index (χ3n) is 8.12. The number of piperazine rings is 1. The van der Waals surface area contributed by atoms with Crippen molar-refractivity contribution in [3.8, 4) is 17.2 Å². The van der Waals surface area contributed by atoms with E-state index in [-0.39, 0.29) is 24.4 Å². The van der Waals surface area contributed by atoms with Gasteiger partial charge >= 0.3 is 12.3 Å². The van der Waals surface area contributed by atoms with Crippen LogP contribution in [0.4, 0.5) is 23.8 Å². The van der Waals surface area contributed by atoms with Crippen LogP contribution >= 0.6 is 0 Å². The van der Waals surface area contributed by atoms with Crippen LogP contribution in [-0.2, 0) is 9.53 Å². The Kier molecular flexibility index (Phi) is 7.10. The Morgan fingerprint density at radius 2 is 1.84 bits per heavy atom. The van der Waals surface area contributed by atoms with Crippen LogP contribution in [-0.4, -0.2) is 69.1 Å². The molecule has 6 rings (SSSR count). The van der Waals surface area contributed by atoms with Gasteiger partial charge in [-0.25, -0.2) is 9.78 Å². The van der Waals surface area contributed by atoms with Gasteiger partial charge in [0.1, 0.15) is 23.9 Å². The van der Waals surface area contributed by atoms with E-state index in [2.05, 4.69) is 11.2 Å². The molecule has 226 valence electrons. The number of aromatic nitrogens is 3. The minimum absolute atomic E-state index is 0.154. The van der Waals surface area contributed by atoms with Gasteiger partial charge in [0, 0.05) is 36.5 Å². The van der Waals surface area contributed by atoms with Crippen molar-refractivity contribution in [1.82, 2.24) is 19.7 Å². The molecule has 0 radical (unpaired) electrons. The lowest BCUT2D eigenvalue weighted by Gasteiger charge is -2.42. The average Bonchev–Trinajstić information content (AvgIpc) is 3.87. The number of carbonyl (C=O) groups is 2. The van der Waals surface area contributed by atoms with E-state index in [1.54, 1.807) is 33.0 Å². The van der Waals surface area contributed by atoms with Gasteiger partial charge in [0.25, 0.3) is 0 Å². The summed E-state index contributed by atoms with van der Waals surface area (Å²) in [6.45, 7) is 6.16. The Labute approximate surface area is 247 Å². The van der Waals surface area contributed by atoms with E-state index in [1.165, 1.54) is 9.58 Å². The highest BCUT2D eigenvalue weighted by Gasteiger charge is 2.44. The van der Waals surface area contributed by atoms with Crippen LogP contribution in [0, 0.1) is 17.2 Å². The molecular weight excluding hydrogens is 561 g/mol. The summed E-state index contributed by atoms with van der Waals surface area (Å²) in [6.07, 6.45) is -1.31. The maximum Gasteiger partial charge on any atom is 0.435 e. The lowest BCUT2D eigenvalue weighted by atomic mass is 9.97. The number of benzene rings is 1. The Morgan fingerprint density at radius 1 is 1.09 bits per heavy atom. The van der Waals surface area contributed by atoms with E-state index in [4.69, 9.17) is 9.72 Å². The first-order valence-corrected chi connectivity index (χ1v) is 14.6. The molecule has 1 amide bonds. The van der Waals surface area contributed by atoms with Crippen LogP contribution in [0.3, 0.4) is 0 Å². The standard InChI is InChI=1S/C31H33F3N6O3/c1-30(2,3)43-29(42)40-24-9-8-20(12-22(24)16-36-40)23-13-21(15-35)28(37-27(23)19-6-7-19)38-10-11-39(25(17-38)18-4-5-18)26(41)14-31(32,33)34/h8-9,12-13,16,18-19,25H,4-7,10-11,14,17H2,1-3H3/t25-/m0/s1. The predicted octanol–water partition coefficient (Wildman–Crippen LogP) is 6.01. The summed E-state index contributed by atoms with van der Waals surface area (Å²) in [5.41, 5.74) is 2.83.